The normalized spacial score (nSPS) is 12.8. The molecule has 7 heteroatoms. The molecule has 0 spiro atoms. The van der Waals surface area contributed by atoms with Gasteiger partial charge in [0.25, 0.3) is 5.91 Å². The van der Waals surface area contributed by atoms with Crippen LogP contribution in [0.2, 0.25) is 0 Å². The van der Waals surface area contributed by atoms with Crippen LogP contribution in [-0.4, -0.2) is 15.9 Å². The lowest BCUT2D eigenvalue weighted by Gasteiger charge is -2.10. The van der Waals surface area contributed by atoms with Gasteiger partial charge in [-0.25, -0.2) is 23.1 Å². The molecule has 27 heavy (non-hydrogen) atoms. The molecule has 0 aliphatic carbocycles. The second-order valence-electron chi connectivity index (χ2n) is 6.36. The number of aryl methyl sites for hydroxylation is 1. The van der Waals surface area contributed by atoms with Gasteiger partial charge in [-0.05, 0) is 36.2 Å². The van der Waals surface area contributed by atoms with Crippen LogP contribution in [-0.2, 0) is 13.0 Å². The van der Waals surface area contributed by atoms with Crippen LogP contribution in [0, 0.1) is 24.4 Å². The van der Waals surface area contributed by atoms with Crippen LogP contribution in [0.5, 0.6) is 0 Å². The second-order valence-corrected chi connectivity index (χ2v) is 6.36. The first-order valence-electron chi connectivity index (χ1n) is 8.31. The third-order valence-electron chi connectivity index (χ3n) is 4.50. The molecule has 0 saturated heterocycles. The van der Waals surface area contributed by atoms with Crippen LogP contribution in [0.4, 0.5) is 13.2 Å². The zero-order chi connectivity index (χ0) is 19.1. The van der Waals surface area contributed by atoms with Gasteiger partial charge in [0.15, 0.2) is 5.82 Å². The average molecular weight is 369 g/mol. The number of hydrogen-bond acceptors (Lipinski definition) is 3. The number of nitrogens with one attached hydrogen (secondary N) is 1. The van der Waals surface area contributed by atoms with Crippen molar-refractivity contribution in [1.82, 2.24) is 15.3 Å². The van der Waals surface area contributed by atoms with Crippen molar-refractivity contribution in [2.24, 2.45) is 0 Å². The molecular formula is C20H14F3N3O. The molecule has 136 valence electrons. The molecule has 1 aliphatic rings. The van der Waals surface area contributed by atoms with Crippen molar-refractivity contribution >= 4 is 5.91 Å². The summed E-state index contributed by atoms with van der Waals surface area (Å²) in [4.78, 5) is 20.6. The molecule has 2 heterocycles. The molecule has 0 unspecified atom stereocenters. The Balaban J connectivity index is 1.86. The predicted molar refractivity (Wildman–Crippen MR) is 92.5 cm³/mol. The first-order chi connectivity index (χ1) is 12.9. The third kappa shape index (κ3) is 3.05. The molecule has 1 amide bonds. The van der Waals surface area contributed by atoms with E-state index in [9.17, 15) is 18.0 Å². The predicted octanol–water partition coefficient (Wildman–Crippen LogP) is 3.70. The second kappa shape index (κ2) is 6.50. The molecule has 0 atom stereocenters. The molecule has 2 aromatic carbocycles. The number of fused-ring (bicyclic) bond motifs is 1. The highest BCUT2D eigenvalue weighted by Gasteiger charge is 2.28. The molecule has 0 saturated carbocycles. The summed E-state index contributed by atoms with van der Waals surface area (Å²) in [5.41, 5.74) is 1.69. The topological polar surface area (TPSA) is 54.9 Å². The summed E-state index contributed by atoms with van der Waals surface area (Å²) in [6.07, 6.45) is 0.137. The van der Waals surface area contributed by atoms with E-state index in [-0.39, 0.29) is 41.6 Å². The van der Waals surface area contributed by atoms with Crippen molar-refractivity contribution in [2.75, 3.05) is 0 Å². The maximum absolute atomic E-state index is 14.2. The number of halogens is 3. The van der Waals surface area contributed by atoms with Crippen molar-refractivity contribution in [2.45, 2.75) is 19.9 Å². The lowest BCUT2D eigenvalue weighted by Crippen LogP contribution is -2.15. The smallest absolute Gasteiger partial charge is 0.255 e. The van der Waals surface area contributed by atoms with Gasteiger partial charge in [0.2, 0.25) is 0 Å². The number of nitrogens with zero attached hydrogens (tertiary/aromatic N) is 2. The largest absolute Gasteiger partial charge is 0.346 e. The highest BCUT2D eigenvalue weighted by Crippen LogP contribution is 2.28. The molecule has 0 fully saturated rings. The molecule has 1 aromatic heterocycles. The fraction of sp³-hybridized carbons (Fsp3) is 0.150. The first kappa shape index (κ1) is 17.2. The highest BCUT2D eigenvalue weighted by molar-refractivity contribution is 5.99. The van der Waals surface area contributed by atoms with Gasteiger partial charge in [-0.2, -0.15) is 0 Å². The van der Waals surface area contributed by atoms with Crippen molar-refractivity contribution in [3.8, 4) is 11.4 Å². The van der Waals surface area contributed by atoms with Gasteiger partial charge in [0, 0.05) is 6.42 Å². The molecule has 0 radical (unpaired) electrons. The Hall–Kier alpha value is -3.22. The van der Waals surface area contributed by atoms with Gasteiger partial charge >= 0.3 is 0 Å². The van der Waals surface area contributed by atoms with Gasteiger partial charge in [0.1, 0.15) is 17.5 Å². The SMILES string of the molecule is Cc1ccc(Cc2nc(-c3c(F)cccc3F)nc3c2C(=O)NC3)cc1F. The summed E-state index contributed by atoms with van der Waals surface area (Å²) in [6, 6.07) is 8.20. The Kier molecular flexibility index (Phi) is 4.14. The quantitative estimate of drug-likeness (QED) is 0.766. The van der Waals surface area contributed by atoms with Crippen molar-refractivity contribution < 1.29 is 18.0 Å². The number of amides is 1. The Morgan fingerprint density at radius 3 is 2.44 bits per heavy atom. The molecule has 1 aliphatic heterocycles. The van der Waals surface area contributed by atoms with Crippen molar-refractivity contribution in [1.29, 1.82) is 0 Å². The Bertz CT molecular complexity index is 1060. The molecular weight excluding hydrogens is 355 g/mol. The van der Waals surface area contributed by atoms with Gasteiger partial charge in [-0.1, -0.05) is 18.2 Å². The van der Waals surface area contributed by atoms with E-state index in [1.54, 1.807) is 19.1 Å². The summed E-state index contributed by atoms with van der Waals surface area (Å²) >= 11 is 0. The molecule has 4 nitrogen and oxygen atoms in total. The maximum Gasteiger partial charge on any atom is 0.255 e. The monoisotopic (exact) mass is 369 g/mol. The van der Waals surface area contributed by atoms with Crippen LogP contribution in [0.15, 0.2) is 36.4 Å². The minimum atomic E-state index is -0.792. The van der Waals surface area contributed by atoms with Crippen LogP contribution in [0.25, 0.3) is 11.4 Å². The van der Waals surface area contributed by atoms with Gasteiger partial charge in [0.05, 0.1) is 29.1 Å². The van der Waals surface area contributed by atoms with Crippen LogP contribution < -0.4 is 5.32 Å². The number of hydrogen-bond donors (Lipinski definition) is 1. The van der Waals surface area contributed by atoms with Gasteiger partial charge in [-0.15, -0.1) is 0 Å². The summed E-state index contributed by atoms with van der Waals surface area (Å²) in [6.45, 7) is 1.79. The van der Waals surface area contributed by atoms with Crippen LogP contribution in [0.1, 0.15) is 32.9 Å². The Labute approximate surface area is 153 Å². The minimum Gasteiger partial charge on any atom is -0.346 e. The standard InChI is InChI=1S/C20H14F3N3O/c1-10-5-6-11(7-14(10)23)8-15-18-16(9-24-20(18)27)26-19(25-15)17-12(21)3-2-4-13(17)22/h2-7H,8-9H2,1H3,(H,24,27). The molecule has 1 N–H and O–H groups in total. The molecule has 0 bridgehead atoms. The lowest BCUT2D eigenvalue weighted by atomic mass is 10.0. The Morgan fingerprint density at radius 1 is 1.00 bits per heavy atom. The Morgan fingerprint density at radius 2 is 1.74 bits per heavy atom. The zero-order valence-electron chi connectivity index (χ0n) is 14.3. The third-order valence-corrected chi connectivity index (χ3v) is 4.50. The highest BCUT2D eigenvalue weighted by atomic mass is 19.1. The first-order valence-corrected chi connectivity index (χ1v) is 8.31. The van der Waals surface area contributed by atoms with E-state index in [2.05, 4.69) is 15.3 Å². The van der Waals surface area contributed by atoms with Crippen LogP contribution in [0.3, 0.4) is 0 Å². The van der Waals surface area contributed by atoms with E-state index in [1.165, 1.54) is 12.1 Å². The minimum absolute atomic E-state index is 0.136. The van der Waals surface area contributed by atoms with Crippen molar-refractivity contribution in [3.05, 3.63) is 81.9 Å². The molecule has 4 rings (SSSR count). The van der Waals surface area contributed by atoms with Crippen LogP contribution >= 0.6 is 0 Å². The summed E-state index contributed by atoms with van der Waals surface area (Å²) < 4.78 is 42.2. The summed E-state index contributed by atoms with van der Waals surface area (Å²) in [5, 5.41) is 2.64. The van der Waals surface area contributed by atoms with E-state index in [4.69, 9.17) is 0 Å². The zero-order valence-corrected chi connectivity index (χ0v) is 14.3. The van der Waals surface area contributed by atoms with E-state index in [0.29, 0.717) is 22.5 Å². The lowest BCUT2D eigenvalue weighted by molar-refractivity contribution is 0.0964. The number of carbonyl (C=O) groups excluding carboxylic acids is 1. The molecule has 3 aromatic rings. The van der Waals surface area contributed by atoms with E-state index < -0.39 is 11.6 Å². The van der Waals surface area contributed by atoms with Crippen molar-refractivity contribution in [3.63, 3.8) is 0 Å². The van der Waals surface area contributed by atoms with E-state index in [0.717, 1.165) is 12.1 Å². The number of carbonyl (C=O) groups is 1. The van der Waals surface area contributed by atoms with Gasteiger partial charge in [-0.3, -0.25) is 4.79 Å². The fourth-order valence-corrected chi connectivity index (χ4v) is 3.09. The number of rotatable bonds is 3. The van der Waals surface area contributed by atoms with Gasteiger partial charge < -0.3 is 5.32 Å². The average Bonchev–Trinajstić information content (AvgIpc) is 2.99. The summed E-state index contributed by atoms with van der Waals surface area (Å²) in [5.74, 6) is -2.45. The fourth-order valence-electron chi connectivity index (χ4n) is 3.09. The summed E-state index contributed by atoms with van der Waals surface area (Å²) in [7, 11) is 0. The maximum atomic E-state index is 14.2. The number of benzene rings is 2. The number of aromatic nitrogens is 2. The van der Waals surface area contributed by atoms with E-state index in [1.807, 2.05) is 0 Å². The van der Waals surface area contributed by atoms with E-state index >= 15 is 0 Å².